The smallest absolute Gasteiger partial charge is 0.340 e. The maximum Gasteiger partial charge on any atom is 0.340 e. The van der Waals surface area contributed by atoms with Crippen LogP contribution in [0, 0.1) is 0 Å². The van der Waals surface area contributed by atoms with Gasteiger partial charge in [0.15, 0.2) is 11.8 Å². The second-order valence-electron chi connectivity index (χ2n) is 7.13. The SMILES string of the molecule is CN(C)S(=O)(=O)c1ccc(N2CCCC2)c(C(=O)OCC(=O)Nc2cccnc2Cl)c1. The number of hydrogen-bond donors (Lipinski definition) is 1. The molecule has 1 N–H and O–H groups in total. The Bertz CT molecular complexity index is 1080. The van der Waals surface area contributed by atoms with Crippen LogP contribution in [-0.2, 0) is 19.6 Å². The minimum atomic E-state index is -3.74. The topological polar surface area (TPSA) is 109 Å². The number of carbonyl (C=O) groups is 2. The molecule has 1 aromatic carbocycles. The molecular formula is C20H23ClN4O5S. The number of aromatic nitrogens is 1. The minimum absolute atomic E-state index is 0.0287. The fourth-order valence-corrected chi connectivity index (χ4v) is 4.25. The fraction of sp³-hybridized carbons (Fsp3) is 0.350. The van der Waals surface area contributed by atoms with Crippen LogP contribution in [0.3, 0.4) is 0 Å². The Labute approximate surface area is 186 Å². The number of amides is 1. The zero-order valence-corrected chi connectivity index (χ0v) is 18.7. The number of pyridine rings is 1. The highest BCUT2D eigenvalue weighted by molar-refractivity contribution is 7.89. The highest BCUT2D eigenvalue weighted by Crippen LogP contribution is 2.28. The molecule has 1 aliphatic rings. The molecular weight excluding hydrogens is 444 g/mol. The number of benzene rings is 1. The Balaban J connectivity index is 1.80. The van der Waals surface area contributed by atoms with E-state index in [1.165, 1.54) is 32.4 Å². The van der Waals surface area contributed by atoms with E-state index in [2.05, 4.69) is 10.3 Å². The Morgan fingerprint density at radius 1 is 1.23 bits per heavy atom. The fourth-order valence-electron chi connectivity index (χ4n) is 3.16. The lowest BCUT2D eigenvalue weighted by molar-refractivity contribution is -0.119. The van der Waals surface area contributed by atoms with Gasteiger partial charge in [-0.25, -0.2) is 22.5 Å². The lowest BCUT2D eigenvalue weighted by atomic mass is 10.1. The van der Waals surface area contributed by atoms with Crippen molar-refractivity contribution >= 4 is 44.9 Å². The van der Waals surface area contributed by atoms with E-state index in [9.17, 15) is 18.0 Å². The van der Waals surface area contributed by atoms with Crippen molar-refractivity contribution in [1.82, 2.24) is 9.29 Å². The van der Waals surface area contributed by atoms with Crippen LogP contribution < -0.4 is 10.2 Å². The van der Waals surface area contributed by atoms with Gasteiger partial charge in [0.05, 0.1) is 21.8 Å². The van der Waals surface area contributed by atoms with Crippen LogP contribution in [0.15, 0.2) is 41.4 Å². The van der Waals surface area contributed by atoms with Crippen LogP contribution in [-0.4, -0.2) is 63.4 Å². The summed E-state index contributed by atoms with van der Waals surface area (Å²) in [5.41, 5.74) is 0.968. The summed E-state index contributed by atoms with van der Waals surface area (Å²) in [4.78, 5) is 30.8. The molecule has 3 rings (SSSR count). The largest absolute Gasteiger partial charge is 0.452 e. The van der Waals surface area contributed by atoms with E-state index in [0.29, 0.717) is 11.4 Å². The number of sulfonamides is 1. The van der Waals surface area contributed by atoms with Crippen molar-refractivity contribution in [3.8, 4) is 0 Å². The number of esters is 1. The van der Waals surface area contributed by atoms with Gasteiger partial charge in [-0.05, 0) is 43.2 Å². The first-order valence-electron chi connectivity index (χ1n) is 9.59. The second-order valence-corrected chi connectivity index (χ2v) is 9.64. The monoisotopic (exact) mass is 466 g/mol. The molecule has 1 saturated heterocycles. The van der Waals surface area contributed by atoms with Crippen molar-refractivity contribution in [3.63, 3.8) is 0 Å². The number of anilines is 2. The van der Waals surface area contributed by atoms with Crippen molar-refractivity contribution < 1.29 is 22.7 Å². The average molecular weight is 467 g/mol. The molecule has 0 bridgehead atoms. The van der Waals surface area contributed by atoms with E-state index >= 15 is 0 Å². The third-order valence-corrected chi connectivity index (χ3v) is 6.89. The van der Waals surface area contributed by atoms with Crippen molar-refractivity contribution in [2.24, 2.45) is 0 Å². The summed E-state index contributed by atoms with van der Waals surface area (Å²) >= 11 is 5.91. The molecule has 1 fully saturated rings. The summed E-state index contributed by atoms with van der Waals surface area (Å²) in [6.07, 6.45) is 3.42. The van der Waals surface area contributed by atoms with Gasteiger partial charge in [-0.2, -0.15) is 0 Å². The van der Waals surface area contributed by atoms with Gasteiger partial charge in [0.1, 0.15) is 0 Å². The maximum absolute atomic E-state index is 12.8. The molecule has 1 aromatic heterocycles. The number of nitrogens with one attached hydrogen (secondary N) is 1. The van der Waals surface area contributed by atoms with Gasteiger partial charge >= 0.3 is 5.97 Å². The van der Waals surface area contributed by atoms with Crippen LogP contribution >= 0.6 is 11.6 Å². The molecule has 9 nitrogen and oxygen atoms in total. The third-order valence-electron chi connectivity index (χ3n) is 4.78. The molecule has 0 spiro atoms. The van der Waals surface area contributed by atoms with Gasteiger partial charge in [0, 0.05) is 33.4 Å². The Morgan fingerprint density at radius 3 is 2.58 bits per heavy atom. The molecule has 1 aliphatic heterocycles. The molecule has 2 heterocycles. The van der Waals surface area contributed by atoms with Crippen LogP contribution in [0.5, 0.6) is 0 Å². The zero-order valence-electron chi connectivity index (χ0n) is 17.2. The summed E-state index contributed by atoms with van der Waals surface area (Å²) in [6, 6.07) is 7.54. The van der Waals surface area contributed by atoms with E-state index in [1.807, 2.05) is 4.90 Å². The number of rotatable bonds is 7. The number of ether oxygens (including phenoxy) is 1. The molecule has 0 unspecified atom stereocenters. The molecule has 2 aromatic rings. The Hall–Kier alpha value is -2.69. The number of nitrogens with zero attached hydrogens (tertiary/aromatic N) is 3. The summed E-state index contributed by atoms with van der Waals surface area (Å²) in [7, 11) is -0.919. The molecule has 0 radical (unpaired) electrons. The quantitative estimate of drug-likeness (QED) is 0.492. The first-order chi connectivity index (χ1) is 14.7. The lowest BCUT2D eigenvalue weighted by Crippen LogP contribution is -2.26. The lowest BCUT2D eigenvalue weighted by Gasteiger charge is -2.22. The van der Waals surface area contributed by atoms with Crippen molar-refractivity contribution in [2.75, 3.05) is 44.0 Å². The van der Waals surface area contributed by atoms with Gasteiger partial charge < -0.3 is 15.0 Å². The maximum atomic E-state index is 12.8. The number of hydrogen-bond acceptors (Lipinski definition) is 7. The van der Waals surface area contributed by atoms with Gasteiger partial charge in [-0.3, -0.25) is 4.79 Å². The molecule has 0 saturated carbocycles. The highest BCUT2D eigenvalue weighted by Gasteiger charge is 2.25. The van der Waals surface area contributed by atoms with Crippen LogP contribution in [0.4, 0.5) is 11.4 Å². The predicted molar refractivity (Wildman–Crippen MR) is 117 cm³/mol. The molecule has 1 amide bonds. The molecule has 31 heavy (non-hydrogen) atoms. The van der Waals surface area contributed by atoms with E-state index in [0.717, 1.165) is 30.2 Å². The van der Waals surface area contributed by atoms with Gasteiger partial charge in [-0.1, -0.05) is 11.6 Å². The molecule has 166 valence electrons. The van der Waals surface area contributed by atoms with Crippen LogP contribution in [0.1, 0.15) is 23.2 Å². The van der Waals surface area contributed by atoms with Crippen molar-refractivity contribution in [2.45, 2.75) is 17.7 Å². The molecule has 0 aliphatic carbocycles. The Morgan fingerprint density at radius 2 is 1.94 bits per heavy atom. The van der Waals surface area contributed by atoms with Crippen LogP contribution in [0.25, 0.3) is 0 Å². The van der Waals surface area contributed by atoms with Crippen LogP contribution in [0.2, 0.25) is 5.15 Å². The van der Waals surface area contributed by atoms with E-state index in [-0.39, 0.29) is 15.6 Å². The van der Waals surface area contributed by atoms with Gasteiger partial charge in [0.2, 0.25) is 10.0 Å². The normalized spacial score (nSPS) is 14.0. The number of carbonyl (C=O) groups excluding carboxylic acids is 2. The summed E-state index contributed by atoms with van der Waals surface area (Å²) in [5.74, 6) is -1.38. The first-order valence-corrected chi connectivity index (χ1v) is 11.4. The Kier molecular flexibility index (Phi) is 7.14. The predicted octanol–water partition coefficient (Wildman–Crippen LogP) is 2.38. The number of halogens is 1. The first kappa shape index (κ1) is 23.0. The van der Waals surface area contributed by atoms with E-state index < -0.39 is 28.5 Å². The second kappa shape index (κ2) is 9.63. The van der Waals surface area contributed by atoms with E-state index in [4.69, 9.17) is 16.3 Å². The summed E-state index contributed by atoms with van der Waals surface area (Å²) in [6.45, 7) is 0.939. The van der Waals surface area contributed by atoms with Crippen molar-refractivity contribution in [3.05, 3.63) is 47.2 Å². The third kappa shape index (κ3) is 5.33. The zero-order chi connectivity index (χ0) is 22.6. The van der Waals surface area contributed by atoms with Crippen molar-refractivity contribution in [1.29, 1.82) is 0 Å². The standard InChI is InChI=1S/C20H23ClN4O5S/c1-24(2)31(28,29)14-7-8-17(25-10-3-4-11-25)15(12-14)20(27)30-13-18(26)23-16-6-5-9-22-19(16)21/h5-9,12H,3-4,10-11,13H2,1-2H3,(H,23,26). The van der Waals surface area contributed by atoms with Gasteiger partial charge in [-0.15, -0.1) is 0 Å². The summed E-state index contributed by atoms with van der Waals surface area (Å²) < 4.78 is 31.3. The van der Waals surface area contributed by atoms with Gasteiger partial charge in [0.25, 0.3) is 5.91 Å². The highest BCUT2D eigenvalue weighted by atomic mass is 35.5. The minimum Gasteiger partial charge on any atom is -0.452 e. The van der Waals surface area contributed by atoms with E-state index in [1.54, 1.807) is 18.2 Å². The summed E-state index contributed by atoms with van der Waals surface area (Å²) in [5, 5.41) is 2.62. The molecule has 0 atom stereocenters. The average Bonchev–Trinajstić information content (AvgIpc) is 3.28. The molecule has 11 heteroatoms.